The second-order valence-corrected chi connectivity index (χ2v) is 14.0. The molecule has 1 unspecified atom stereocenters. The van der Waals surface area contributed by atoms with Crippen LogP contribution in [0.4, 0.5) is 17.1 Å². The summed E-state index contributed by atoms with van der Waals surface area (Å²) in [5, 5.41) is 0. The Bertz CT molecular complexity index is 2540. The zero-order chi connectivity index (χ0) is 33.9. The lowest BCUT2D eigenvalue weighted by molar-refractivity contribution is 0.780. The minimum atomic E-state index is -0.353. The van der Waals surface area contributed by atoms with Crippen LogP contribution in [0.15, 0.2) is 188 Å². The van der Waals surface area contributed by atoms with Gasteiger partial charge in [-0.1, -0.05) is 146 Å². The molecule has 242 valence electrons. The second kappa shape index (κ2) is 11.7. The highest BCUT2D eigenvalue weighted by atomic mass is 15.1. The van der Waals surface area contributed by atoms with Gasteiger partial charge in [-0.05, 0) is 129 Å². The normalized spacial score (nSPS) is 16.5. The molecule has 0 bridgehead atoms. The molecule has 51 heavy (non-hydrogen) atoms. The number of benzene rings is 7. The lowest BCUT2D eigenvalue weighted by Crippen LogP contribution is -2.27. The molecule has 3 aliphatic carbocycles. The van der Waals surface area contributed by atoms with Crippen LogP contribution >= 0.6 is 0 Å². The van der Waals surface area contributed by atoms with Gasteiger partial charge < -0.3 is 4.90 Å². The molecule has 1 spiro atoms. The smallest absolute Gasteiger partial charge is 0.0722 e. The van der Waals surface area contributed by atoms with E-state index in [-0.39, 0.29) is 5.41 Å². The number of nitrogens with zero attached hydrogens (tertiary/aromatic N) is 1. The summed E-state index contributed by atoms with van der Waals surface area (Å²) in [6.45, 7) is 2.25. The minimum Gasteiger partial charge on any atom is -0.310 e. The molecule has 1 heteroatoms. The summed E-state index contributed by atoms with van der Waals surface area (Å²) in [6.07, 6.45) is 6.98. The molecule has 0 aromatic heterocycles. The van der Waals surface area contributed by atoms with Crippen LogP contribution in [0.2, 0.25) is 0 Å². The highest BCUT2D eigenvalue weighted by molar-refractivity contribution is 5.97. The molecular weight excluding hydrogens is 615 g/mol. The molecule has 3 aliphatic rings. The van der Waals surface area contributed by atoms with Crippen molar-refractivity contribution >= 4 is 22.6 Å². The molecule has 1 atom stereocenters. The quantitative estimate of drug-likeness (QED) is 0.179. The number of hydrogen-bond donors (Lipinski definition) is 0. The molecule has 7 aromatic rings. The molecule has 0 saturated heterocycles. The van der Waals surface area contributed by atoms with Crippen molar-refractivity contribution < 1.29 is 0 Å². The first-order valence-corrected chi connectivity index (χ1v) is 18.1. The van der Waals surface area contributed by atoms with E-state index in [0.717, 1.165) is 24.2 Å². The summed E-state index contributed by atoms with van der Waals surface area (Å²) < 4.78 is 0. The SMILES string of the molecule is Cc1cc(-c2ccccc2)ccc1N(c1cccc(-c2ccccc2)c1)c1ccc2c(c1)C1(C3=C(CCC=C3)c3ccccc31)c1ccccc1-2. The van der Waals surface area contributed by atoms with Crippen molar-refractivity contribution in [3.8, 4) is 33.4 Å². The predicted octanol–water partition coefficient (Wildman–Crippen LogP) is 13.2. The standard InChI is InChI=1S/C50H37N/c1-34-31-38(36-17-6-3-7-18-36)27-30-49(34)51(39-20-14-19-37(32-39)35-15-4-2-5-16-35)40-28-29-44-43-23-10-13-26-47(43)50(48(44)33-40)45-24-11-8-21-41(45)42-22-9-12-25-46(42)50/h2-8,10-21,23-33H,9,22H2,1H3. The lowest BCUT2D eigenvalue weighted by Gasteiger charge is -2.34. The van der Waals surface area contributed by atoms with Crippen molar-refractivity contribution in [3.63, 3.8) is 0 Å². The molecule has 0 radical (unpaired) electrons. The number of fused-ring (bicyclic) bond motifs is 9. The van der Waals surface area contributed by atoms with Gasteiger partial charge in [-0.15, -0.1) is 0 Å². The fraction of sp³-hybridized carbons (Fsp3) is 0.0800. The monoisotopic (exact) mass is 651 g/mol. The molecule has 0 fully saturated rings. The van der Waals surface area contributed by atoms with Gasteiger partial charge in [-0.2, -0.15) is 0 Å². The molecule has 0 amide bonds. The average Bonchev–Trinajstić information content (AvgIpc) is 3.67. The van der Waals surface area contributed by atoms with Crippen molar-refractivity contribution in [2.45, 2.75) is 25.2 Å². The first kappa shape index (κ1) is 29.7. The van der Waals surface area contributed by atoms with Crippen LogP contribution in [0.5, 0.6) is 0 Å². The maximum absolute atomic E-state index is 2.50. The van der Waals surface area contributed by atoms with Gasteiger partial charge >= 0.3 is 0 Å². The molecule has 1 nitrogen and oxygen atoms in total. The Kier molecular flexibility index (Phi) is 6.82. The van der Waals surface area contributed by atoms with Crippen LogP contribution in [0.3, 0.4) is 0 Å². The fourth-order valence-corrected chi connectivity index (χ4v) is 9.10. The minimum absolute atomic E-state index is 0.353. The van der Waals surface area contributed by atoms with Crippen molar-refractivity contribution in [2.75, 3.05) is 4.90 Å². The van der Waals surface area contributed by atoms with Gasteiger partial charge in [0.15, 0.2) is 0 Å². The summed E-state index contributed by atoms with van der Waals surface area (Å²) in [6, 6.07) is 62.8. The van der Waals surface area contributed by atoms with E-state index in [0.29, 0.717) is 0 Å². The molecule has 10 rings (SSSR count). The van der Waals surface area contributed by atoms with Gasteiger partial charge in [-0.25, -0.2) is 0 Å². The van der Waals surface area contributed by atoms with Gasteiger partial charge in [0.05, 0.1) is 5.41 Å². The number of anilines is 3. The van der Waals surface area contributed by atoms with Crippen molar-refractivity contribution in [1.29, 1.82) is 0 Å². The highest BCUT2D eigenvalue weighted by Gasteiger charge is 2.52. The van der Waals surface area contributed by atoms with Crippen LogP contribution in [0.25, 0.3) is 39.0 Å². The summed E-state index contributed by atoms with van der Waals surface area (Å²) in [7, 11) is 0. The lowest BCUT2D eigenvalue weighted by atomic mass is 9.69. The summed E-state index contributed by atoms with van der Waals surface area (Å²) in [5.74, 6) is 0. The predicted molar refractivity (Wildman–Crippen MR) is 214 cm³/mol. The van der Waals surface area contributed by atoms with Gasteiger partial charge in [0.2, 0.25) is 0 Å². The van der Waals surface area contributed by atoms with Crippen molar-refractivity contribution in [1.82, 2.24) is 0 Å². The maximum atomic E-state index is 2.50. The highest BCUT2D eigenvalue weighted by Crippen LogP contribution is 2.63. The van der Waals surface area contributed by atoms with Gasteiger partial charge in [0.1, 0.15) is 0 Å². The van der Waals surface area contributed by atoms with Crippen LogP contribution in [0, 0.1) is 6.92 Å². The molecular formula is C50H37N. The molecule has 0 aliphatic heterocycles. The Morgan fingerprint density at radius 3 is 1.82 bits per heavy atom. The average molecular weight is 652 g/mol. The van der Waals surface area contributed by atoms with E-state index in [1.807, 2.05) is 0 Å². The Balaban J connectivity index is 1.22. The van der Waals surface area contributed by atoms with E-state index >= 15 is 0 Å². The second-order valence-electron chi connectivity index (χ2n) is 14.0. The van der Waals surface area contributed by atoms with Crippen LogP contribution in [0.1, 0.15) is 40.7 Å². The van der Waals surface area contributed by atoms with Crippen LogP contribution in [-0.4, -0.2) is 0 Å². The van der Waals surface area contributed by atoms with Gasteiger partial charge in [0.25, 0.3) is 0 Å². The molecule has 7 aromatic carbocycles. The van der Waals surface area contributed by atoms with Crippen LogP contribution in [-0.2, 0) is 5.41 Å². The van der Waals surface area contributed by atoms with E-state index in [4.69, 9.17) is 0 Å². The number of allylic oxidation sites excluding steroid dienone is 4. The van der Waals surface area contributed by atoms with E-state index in [2.05, 4.69) is 194 Å². The number of aryl methyl sites for hydroxylation is 1. The summed E-state index contributed by atoms with van der Waals surface area (Å²) in [5.41, 5.74) is 20.4. The largest absolute Gasteiger partial charge is 0.310 e. The zero-order valence-electron chi connectivity index (χ0n) is 28.7. The first-order chi connectivity index (χ1) is 25.2. The molecule has 0 heterocycles. The van der Waals surface area contributed by atoms with Gasteiger partial charge in [0, 0.05) is 17.1 Å². The third-order valence-corrected chi connectivity index (χ3v) is 11.3. The van der Waals surface area contributed by atoms with E-state index < -0.39 is 0 Å². The van der Waals surface area contributed by atoms with E-state index in [1.165, 1.54) is 78.0 Å². The Morgan fingerprint density at radius 2 is 1.08 bits per heavy atom. The van der Waals surface area contributed by atoms with E-state index in [1.54, 1.807) is 0 Å². The Labute approximate surface area is 300 Å². The Morgan fingerprint density at radius 1 is 0.471 bits per heavy atom. The third-order valence-electron chi connectivity index (χ3n) is 11.3. The first-order valence-electron chi connectivity index (χ1n) is 18.1. The van der Waals surface area contributed by atoms with Crippen molar-refractivity contribution in [2.24, 2.45) is 0 Å². The summed E-state index contributed by atoms with van der Waals surface area (Å²) >= 11 is 0. The summed E-state index contributed by atoms with van der Waals surface area (Å²) in [4.78, 5) is 2.47. The molecule has 0 N–H and O–H groups in total. The Hall–Kier alpha value is -6.18. The zero-order valence-corrected chi connectivity index (χ0v) is 28.7. The maximum Gasteiger partial charge on any atom is 0.0722 e. The van der Waals surface area contributed by atoms with E-state index in [9.17, 15) is 0 Å². The number of hydrogen-bond acceptors (Lipinski definition) is 1. The fourth-order valence-electron chi connectivity index (χ4n) is 9.10. The topological polar surface area (TPSA) is 3.24 Å². The van der Waals surface area contributed by atoms with Crippen LogP contribution < -0.4 is 4.90 Å². The van der Waals surface area contributed by atoms with Crippen molar-refractivity contribution in [3.05, 3.63) is 215 Å². The molecule has 0 saturated carbocycles. The van der Waals surface area contributed by atoms with Gasteiger partial charge in [-0.3, -0.25) is 0 Å². The number of rotatable bonds is 5. The third kappa shape index (κ3) is 4.48.